The van der Waals surface area contributed by atoms with Crippen molar-refractivity contribution in [2.75, 3.05) is 26.2 Å². The zero-order chi connectivity index (χ0) is 15.3. The van der Waals surface area contributed by atoms with E-state index in [1.165, 1.54) is 64.7 Å². The highest BCUT2D eigenvalue weighted by Gasteiger charge is 2.64. The van der Waals surface area contributed by atoms with Gasteiger partial charge in [0.05, 0.1) is 32.2 Å². The van der Waals surface area contributed by atoms with Gasteiger partial charge in [0.25, 0.3) is 0 Å². The molecule has 0 amide bonds. The molecule has 5 fully saturated rings. The van der Waals surface area contributed by atoms with Gasteiger partial charge in [0.15, 0.2) is 0 Å². The summed E-state index contributed by atoms with van der Waals surface area (Å²) in [5.41, 5.74) is 0.678. The normalized spacial score (nSPS) is 53.2. The van der Waals surface area contributed by atoms with Gasteiger partial charge in [-0.1, -0.05) is 0 Å². The third kappa shape index (κ3) is 2.41. The van der Waals surface area contributed by atoms with Gasteiger partial charge in [-0.2, -0.15) is 0 Å². The zero-order valence-electron chi connectivity index (χ0n) is 14.9. The molecule has 5 rings (SSSR count). The van der Waals surface area contributed by atoms with Gasteiger partial charge in [0.1, 0.15) is 17.5 Å². The van der Waals surface area contributed by atoms with Crippen molar-refractivity contribution in [3.8, 4) is 0 Å². The van der Waals surface area contributed by atoms with Crippen molar-refractivity contribution in [3.63, 3.8) is 0 Å². The molecule has 1 saturated carbocycles. The highest BCUT2D eigenvalue weighted by molar-refractivity contribution is 5.04. The minimum Gasteiger partial charge on any atom is -0.343 e. The first-order valence-electron chi connectivity index (χ1n) is 10.9. The lowest BCUT2D eigenvalue weighted by Crippen LogP contribution is -3.22. The van der Waals surface area contributed by atoms with Crippen molar-refractivity contribution in [3.05, 3.63) is 0 Å². The van der Waals surface area contributed by atoms with Crippen LogP contribution in [0.5, 0.6) is 0 Å². The fraction of sp³-hybridized carbons (Fsp3) is 1.00. The predicted octanol–water partition coefficient (Wildman–Crippen LogP) is -0.708. The molecule has 0 spiro atoms. The van der Waals surface area contributed by atoms with Crippen LogP contribution in [0, 0.1) is 17.3 Å². The molecule has 0 aromatic rings. The van der Waals surface area contributed by atoms with Crippen LogP contribution in [0.15, 0.2) is 0 Å². The Labute approximate surface area is 142 Å². The number of fused-ring (bicyclic) bond motifs is 6. The van der Waals surface area contributed by atoms with E-state index in [9.17, 15) is 0 Å². The second-order valence-corrected chi connectivity index (χ2v) is 9.70. The Morgan fingerprint density at radius 2 is 1.74 bits per heavy atom. The van der Waals surface area contributed by atoms with Crippen molar-refractivity contribution in [1.82, 2.24) is 0 Å². The standard InChI is InChI=1S/C20H35N3/c1-3-9-21-18(8-1)20-13-16(12-15-6-5-10-22-19(15)20)17-7-2-4-11-23(17)14-20/h15-19,21-22H,1-14H2/p+3/t15-,16+,17-,18-,19-,20+/m1/s1. The van der Waals surface area contributed by atoms with E-state index >= 15 is 0 Å². The van der Waals surface area contributed by atoms with Gasteiger partial charge in [-0.05, 0) is 57.8 Å². The second-order valence-electron chi connectivity index (χ2n) is 9.70. The van der Waals surface area contributed by atoms with Crippen molar-refractivity contribution >= 4 is 0 Å². The van der Waals surface area contributed by atoms with Gasteiger partial charge < -0.3 is 15.5 Å². The van der Waals surface area contributed by atoms with Crippen LogP contribution in [0.2, 0.25) is 0 Å². The Kier molecular flexibility index (Phi) is 3.95. The lowest BCUT2D eigenvalue weighted by molar-refractivity contribution is -0.958. The summed E-state index contributed by atoms with van der Waals surface area (Å²) in [6.07, 6.45) is 15.3. The van der Waals surface area contributed by atoms with E-state index in [0.717, 1.165) is 30.0 Å². The molecule has 1 aliphatic carbocycles. The number of rotatable bonds is 1. The molecule has 7 atom stereocenters. The Balaban J connectivity index is 1.50. The van der Waals surface area contributed by atoms with Gasteiger partial charge in [-0.3, -0.25) is 0 Å². The molecule has 0 aromatic carbocycles. The summed E-state index contributed by atoms with van der Waals surface area (Å²) in [6, 6.07) is 2.97. The molecule has 5 N–H and O–H groups in total. The van der Waals surface area contributed by atoms with Crippen LogP contribution in [-0.2, 0) is 0 Å². The summed E-state index contributed by atoms with van der Waals surface area (Å²) in [7, 11) is 0. The van der Waals surface area contributed by atoms with Crippen LogP contribution < -0.4 is 15.5 Å². The van der Waals surface area contributed by atoms with Crippen LogP contribution in [-0.4, -0.2) is 44.3 Å². The van der Waals surface area contributed by atoms with Gasteiger partial charge in [-0.25, -0.2) is 0 Å². The summed E-state index contributed by atoms with van der Waals surface area (Å²) in [6.45, 7) is 5.85. The van der Waals surface area contributed by atoms with Crippen LogP contribution in [0.3, 0.4) is 0 Å². The number of hydrogen-bond acceptors (Lipinski definition) is 0. The lowest BCUT2D eigenvalue weighted by Gasteiger charge is -2.59. The van der Waals surface area contributed by atoms with Crippen molar-refractivity contribution < 1.29 is 15.5 Å². The second kappa shape index (κ2) is 6.00. The van der Waals surface area contributed by atoms with Crippen molar-refractivity contribution in [2.24, 2.45) is 17.3 Å². The van der Waals surface area contributed by atoms with E-state index in [2.05, 4.69) is 10.6 Å². The smallest absolute Gasteiger partial charge is 0.123 e. The van der Waals surface area contributed by atoms with Crippen LogP contribution in [0.1, 0.15) is 64.2 Å². The first-order valence-corrected chi connectivity index (χ1v) is 10.9. The molecule has 1 unspecified atom stereocenters. The fourth-order valence-corrected chi connectivity index (χ4v) is 7.93. The molecule has 130 valence electrons. The molecule has 0 radical (unpaired) electrons. The van der Waals surface area contributed by atoms with Gasteiger partial charge in [0, 0.05) is 18.3 Å². The van der Waals surface area contributed by atoms with Gasteiger partial charge in [0.2, 0.25) is 0 Å². The van der Waals surface area contributed by atoms with E-state index in [1.54, 1.807) is 25.7 Å². The summed E-state index contributed by atoms with van der Waals surface area (Å²) in [4.78, 5) is 2.05. The molecule has 4 aliphatic heterocycles. The van der Waals surface area contributed by atoms with E-state index < -0.39 is 0 Å². The Bertz CT molecular complexity index is 431. The Morgan fingerprint density at radius 3 is 2.65 bits per heavy atom. The van der Waals surface area contributed by atoms with E-state index in [1.807, 2.05) is 4.90 Å². The van der Waals surface area contributed by atoms with E-state index in [0.29, 0.717) is 5.41 Å². The summed E-state index contributed by atoms with van der Waals surface area (Å²) in [5, 5.41) is 5.63. The van der Waals surface area contributed by atoms with Crippen molar-refractivity contribution in [1.29, 1.82) is 0 Å². The maximum Gasteiger partial charge on any atom is 0.123 e. The number of quaternary nitrogens is 3. The predicted molar refractivity (Wildman–Crippen MR) is 91.2 cm³/mol. The molecular formula is C20H38N3+3. The average Bonchev–Trinajstić information content (AvgIpc) is 2.63. The molecule has 3 heteroatoms. The molecule has 4 saturated heterocycles. The average molecular weight is 321 g/mol. The molecular weight excluding hydrogens is 282 g/mol. The Morgan fingerprint density at radius 1 is 0.826 bits per heavy atom. The van der Waals surface area contributed by atoms with Gasteiger partial charge >= 0.3 is 0 Å². The number of nitrogens with one attached hydrogen (secondary N) is 1. The lowest BCUT2D eigenvalue weighted by atomic mass is 9.52. The molecule has 3 nitrogen and oxygen atoms in total. The third-order valence-corrected chi connectivity index (χ3v) is 8.69. The summed E-state index contributed by atoms with van der Waals surface area (Å²) in [5.74, 6) is 2.13. The molecule has 23 heavy (non-hydrogen) atoms. The summed E-state index contributed by atoms with van der Waals surface area (Å²) >= 11 is 0. The van der Waals surface area contributed by atoms with Crippen LogP contribution >= 0.6 is 0 Å². The Hall–Kier alpha value is -0.120. The first-order chi connectivity index (χ1) is 11.4. The maximum absolute atomic E-state index is 2.83. The quantitative estimate of drug-likeness (QED) is 0.571. The minimum absolute atomic E-state index is 0.678. The molecule has 2 bridgehead atoms. The number of nitrogens with two attached hydrogens (primary N) is 2. The number of hydrogen-bond donors (Lipinski definition) is 3. The minimum atomic E-state index is 0.678. The topological polar surface area (TPSA) is 37.7 Å². The fourth-order valence-electron chi connectivity index (χ4n) is 7.93. The third-order valence-electron chi connectivity index (χ3n) is 8.69. The van der Waals surface area contributed by atoms with Crippen LogP contribution in [0.25, 0.3) is 0 Å². The first kappa shape index (κ1) is 15.2. The monoisotopic (exact) mass is 320 g/mol. The summed E-state index contributed by atoms with van der Waals surface area (Å²) < 4.78 is 0. The van der Waals surface area contributed by atoms with E-state index in [4.69, 9.17) is 0 Å². The molecule has 5 aliphatic rings. The highest BCUT2D eigenvalue weighted by Crippen LogP contribution is 2.49. The van der Waals surface area contributed by atoms with Crippen LogP contribution in [0.4, 0.5) is 0 Å². The van der Waals surface area contributed by atoms with E-state index in [-0.39, 0.29) is 0 Å². The SMILES string of the molecule is C1CC[C@H]([C@@]23C[C@H](C[C@H]4CCC[NH2+][C@H]42)[C@H]2CCCC[NH+]2C3)[NH2+]C1. The maximum atomic E-state index is 2.83. The van der Waals surface area contributed by atoms with Crippen molar-refractivity contribution in [2.45, 2.75) is 82.3 Å². The molecule has 4 heterocycles. The molecule has 0 aromatic heterocycles. The van der Waals surface area contributed by atoms with Gasteiger partial charge in [-0.15, -0.1) is 0 Å². The number of piperidine rings is 4. The highest BCUT2D eigenvalue weighted by atomic mass is 15.2. The zero-order valence-corrected chi connectivity index (χ0v) is 14.9. The largest absolute Gasteiger partial charge is 0.343 e.